The number of aryl methyl sites for hydroxylation is 1. The molecule has 0 aliphatic heterocycles. The molecule has 0 spiro atoms. The zero-order chi connectivity index (χ0) is 18.5. The fourth-order valence-corrected chi connectivity index (χ4v) is 3.20. The van der Waals surface area contributed by atoms with Gasteiger partial charge in [-0.3, -0.25) is 0 Å². The van der Waals surface area contributed by atoms with Gasteiger partial charge in [0.25, 0.3) is 0 Å². The zero-order valence-electron chi connectivity index (χ0n) is 14.6. The van der Waals surface area contributed by atoms with Gasteiger partial charge in [-0.25, -0.2) is 13.8 Å². The number of nitrogens with one attached hydrogen (secondary N) is 1. The number of aromatic nitrogens is 1. The van der Waals surface area contributed by atoms with Crippen LogP contribution < -0.4 is 10.1 Å². The first-order valence-corrected chi connectivity index (χ1v) is 9.20. The normalized spacial score (nSPS) is 12.2. The van der Waals surface area contributed by atoms with Crippen molar-refractivity contribution < 1.29 is 13.5 Å². The third kappa shape index (κ3) is 4.86. The van der Waals surface area contributed by atoms with E-state index in [0.29, 0.717) is 18.7 Å². The summed E-state index contributed by atoms with van der Waals surface area (Å²) >= 11 is 1.52. The monoisotopic (exact) mass is 374 g/mol. The molecule has 136 valence electrons. The van der Waals surface area contributed by atoms with Gasteiger partial charge in [-0.05, 0) is 32.0 Å². The van der Waals surface area contributed by atoms with Crippen LogP contribution in [0.3, 0.4) is 0 Å². The molecule has 0 fully saturated rings. The van der Waals surface area contributed by atoms with E-state index in [1.54, 1.807) is 0 Å². The number of thiazole rings is 1. The van der Waals surface area contributed by atoms with Crippen LogP contribution in [0.4, 0.5) is 8.78 Å². The molecule has 0 saturated carbocycles. The number of rotatable bonds is 7. The van der Waals surface area contributed by atoms with Crippen LogP contribution in [0.15, 0.2) is 47.8 Å². The molecule has 1 atom stereocenters. The number of benzene rings is 2. The van der Waals surface area contributed by atoms with Crippen molar-refractivity contribution in [3.05, 3.63) is 81.3 Å². The van der Waals surface area contributed by atoms with Gasteiger partial charge in [0.2, 0.25) is 0 Å². The Balaban J connectivity index is 1.52. The second-order valence-electron chi connectivity index (χ2n) is 6.10. The lowest BCUT2D eigenvalue weighted by molar-refractivity contribution is 0.305. The van der Waals surface area contributed by atoms with Crippen LogP contribution in [-0.4, -0.2) is 4.98 Å². The van der Waals surface area contributed by atoms with Gasteiger partial charge in [-0.15, -0.1) is 11.3 Å². The Kier molecular flexibility index (Phi) is 5.96. The lowest BCUT2D eigenvalue weighted by Crippen LogP contribution is -2.19. The third-order valence-electron chi connectivity index (χ3n) is 4.00. The highest BCUT2D eigenvalue weighted by Gasteiger charge is 2.12. The zero-order valence-corrected chi connectivity index (χ0v) is 15.4. The van der Waals surface area contributed by atoms with Gasteiger partial charge in [0, 0.05) is 29.6 Å². The molecule has 1 aromatic heterocycles. The molecule has 1 unspecified atom stereocenters. The third-order valence-corrected chi connectivity index (χ3v) is 4.87. The van der Waals surface area contributed by atoms with E-state index in [0.717, 1.165) is 22.5 Å². The average Bonchev–Trinajstić information content (AvgIpc) is 3.07. The summed E-state index contributed by atoms with van der Waals surface area (Å²) in [5.74, 6) is -0.308. The predicted octanol–water partition coefficient (Wildman–Crippen LogP) is 5.16. The van der Waals surface area contributed by atoms with E-state index >= 15 is 0 Å². The Morgan fingerprint density at radius 1 is 1.15 bits per heavy atom. The maximum atomic E-state index is 13.8. The molecule has 2 aromatic carbocycles. The van der Waals surface area contributed by atoms with Crippen molar-refractivity contribution in [3.63, 3.8) is 0 Å². The maximum absolute atomic E-state index is 13.8. The van der Waals surface area contributed by atoms with Gasteiger partial charge in [0.1, 0.15) is 29.0 Å². The summed E-state index contributed by atoms with van der Waals surface area (Å²) in [6.45, 7) is 4.78. The average molecular weight is 374 g/mol. The van der Waals surface area contributed by atoms with Crippen LogP contribution in [-0.2, 0) is 13.2 Å². The standard InChI is InChI=1S/C20H20F2N2OS/c1-13-3-6-17(7-4-13)25-11-20-24-16(12-26-20)10-23-14(2)18-8-5-15(21)9-19(18)22/h3-9,12,14,23H,10-11H2,1-2H3. The smallest absolute Gasteiger partial charge is 0.140 e. The van der Waals surface area contributed by atoms with Gasteiger partial charge in [0.15, 0.2) is 0 Å². The number of ether oxygens (including phenoxy) is 1. The van der Waals surface area contributed by atoms with E-state index in [-0.39, 0.29) is 6.04 Å². The van der Waals surface area contributed by atoms with Gasteiger partial charge >= 0.3 is 0 Å². The Bertz CT molecular complexity index is 865. The van der Waals surface area contributed by atoms with Crippen molar-refractivity contribution in [2.45, 2.75) is 33.0 Å². The summed E-state index contributed by atoms with van der Waals surface area (Å²) in [4.78, 5) is 4.52. The summed E-state index contributed by atoms with van der Waals surface area (Å²) < 4.78 is 32.5. The molecule has 1 N–H and O–H groups in total. The van der Waals surface area contributed by atoms with Crippen LogP contribution >= 0.6 is 11.3 Å². The predicted molar refractivity (Wildman–Crippen MR) is 99.2 cm³/mol. The fraction of sp³-hybridized carbons (Fsp3) is 0.250. The highest BCUT2D eigenvalue weighted by molar-refractivity contribution is 7.09. The molecule has 3 rings (SSSR count). The first-order valence-electron chi connectivity index (χ1n) is 8.32. The lowest BCUT2D eigenvalue weighted by Gasteiger charge is -2.14. The summed E-state index contributed by atoms with van der Waals surface area (Å²) in [5, 5.41) is 6.04. The van der Waals surface area contributed by atoms with E-state index < -0.39 is 11.6 Å². The van der Waals surface area contributed by atoms with Crippen LogP contribution in [0.1, 0.15) is 34.8 Å². The molecule has 0 amide bonds. The van der Waals surface area contributed by atoms with Crippen LogP contribution in [0, 0.1) is 18.6 Å². The minimum atomic E-state index is -0.573. The van der Waals surface area contributed by atoms with Crippen molar-refractivity contribution in [2.75, 3.05) is 0 Å². The summed E-state index contributed by atoms with van der Waals surface area (Å²) in [5.41, 5.74) is 2.49. The molecular weight excluding hydrogens is 354 g/mol. The maximum Gasteiger partial charge on any atom is 0.140 e. The van der Waals surface area contributed by atoms with Gasteiger partial charge < -0.3 is 10.1 Å². The molecule has 0 radical (unpaired) electrons. The highest BCUT2D eigenvalue weighted by Crippen LogP contribution is 2.19. The van der Waals surface area contributed by atoms with Crippen molar-refractivity contribution in [3.8, 4) is 5.75 Å². The molecule has 26 heavy (non-hydrogen) atoms. The van der Waals surface area contributed by atoms with Crippen LogP contribution in [0.25, 0.3) is 0 Å². The SMILES string of the molecule is Cc1ccc(OCc2nc(CNC(C)c3ccc(F)cc3F)cs2)cc1. The largest absolute Gasteiger partial charge is 0.486 e. The number of hydrogen-bond acceptors (Lipinski definition) is 4. The van der Waals surface area contributed by atoms with Crippen molar-refractivity contribution in [1.82, 2.24) is 10.3 Å². The first kappa shape index (κ1) is 18.5. The van der Waals surface area contributed by atoms with E-state index in [4.69, 9.17) is 4.74 Å². The quantitative estimate of drug-likeness (QED) is 0.620. The number of hydrogen-bond donors (Lipinski definition) is 1. The van der Waals surface area contributed by atoms with Crippen molar-refractivity contribution in [2.24, 2.45) is 0 Å². The molecule has 0 saturated heterocycles. The molecular formula is C20H20F2N2OS. The first-order chi connectivity index (χ1) is 12.5. The summed E-state index contributed by atoms with van der Waals surface area (Å²) in [6, 6.07) is 11.3. The van der Waals surface area contributed by atoms with E-state index in [2.05, 4.69) is 10.3 Å². The second-order valence-corrected chi connectivity index (χ2v) is 7.05. The Morgan fingerprint density at radius 2 is 1.92 bits per heavy atom. The Morgan fingerprint density at radius 3 is 2.65 bits per heavy atom. The number of nitrogens with zero attached hydrogens (tertiary/aromatic N) is 1. The minimum absolute atomic E-state index is 0.246. The molecule has 3 nitrogen and oxygen atoms in total. The molecule has 1 heterocycles. The van der Waals surface area contributed by atoms with E-state index in [1.165, 1.54) is 29.0 Å². The van der Waals surface area contributed by atoms with Crippen LogP contribution in [0.2, 0.25) is 0 Å². The summed E-state index contributed by atoms with van der Waals surface area (Å²) in [6.07, 6.45) is 0. The molecule has 0 bridgehead atoms. The lowest BCUT2D eigenvalue weighted by atomic mass is 10.1. The van der Waals surface area contributed by atoms with Gasteiger partial charge in [-0.2, -0.15) is 0 Å². The number of halogens is 2. The second kappa shape index (κ2) is 8.38. The Labute approximate surface area is 155 Å². The minimum Gasteiger partial charge on any atom is -0.486 e. The van der Waals surface area contributed by atoms with Gasteiger partial charge in [0.05, 0.1) is 5.69 Å². The molecule has 0 aliphatic carbocycles. The molecule has 0 aliphatic rings. The molecule has 3 aromatic rings. The fourth-order valence-electron chi connectivity index (χ4n) is 2.50. The molecule has 6 heteroatoms. The highest BCUT2D eigenvalue weighted by atomic mass is 32.1. The summed E-state index contributed by atoms with van der Waals surface area (Å²) in [7, 11) is 0. The van der Waals surface area contributed by atoms with E-state index in [9.17, 15) is 8.78 Å². The van der Waals surface area contributed by atoms with Gasteiger partial charge in [-0.1, -0.05) is 23.8 Å². The van der Waals surface area contributed by atoms with Crippen molar-refractivity contribution in [1.29, 1.82) is 0 Å². The Hall–Kier alpha value is -2.31. The van der Waals surface area contributed by atoms with Crippen LogP contribution in [0.5, 0.6) is 5.75 Å². The van der Waals surface area contributed by atoms with E-state index in [1.807, 2.05) is 43.5 Å². The van der Waals surface area contributed by atoms with Crippen molar-refractivity contribution >= 4 is 11.3 Å². The topological polar surface area (TPSA) is 34.1 Å².